The molecule has 2 aliphatic rings. The highest BCUT2D eigenvalue weighted by Crippen LogP contribution is 2.27. The number of para-hydroxylation sites is 1. The zero-order valence-electron chi connectivity index (χ0n) is 21.1. The molecular formula is C28H38N4O3. The lowest BCUT2D eigenvalue weighted by Gasteiger charge is -2.28. The van der Waals surface area contributed by atoms with E-state index in [0.717, 1.165) is 68.2 Å². The second kappa shape index (κ2) is 12.8. The minimum absolute atomic E-state index is 0.464. The number of benzene rings is 2. The monoisotopic (exact) mass is 478 g/mol. The number of morpholine rings is 1. The van der Waals surface area contributed by atoms with Gasteiger partial charge in [0.05, 0.1) is 26.9 Å². The van der Waals surface area contributed by atoms with E-state index in [1.54, 1.807) is 7.11 Å². The zero-order valence-corrected chi connectivity index (χ0v) is 21.1. The first-order chi connectivity index (χ1) is 17.2. The van der Waals surface area contributed by atoms with Gasteiger partial charge in [-0.2, -0.15) is 5.10 Å². The van der Waals surface area contributed by atoms with Crippen molar-refractivity contribution in [2.75, 3.05) is 60.1 Å². The molecular weight excluding hydrogens is 440 g/mol. The van der Waals surface area contributed by atoms with Crippen LogP contribution in [0.25, 0.3) is 10.9 Å². The molecule has 7 heteroatoms. The van der Waals surface area contributed by atoms with Gasteiger partial charge in [0.25, 0.3) is 0 Å². The van der Waals surface area contributed by atoms with E-state index in [-0.39, 0.29) is 0 Å². The number of methoxy groups -OCH3 is 1. The Morgan fingerprint density at radius 1 is 1.00 bits per heavy atom. The Balaban J connectivity index is 0.000000179. The normalized spacial score (nSPS) is 17.7. The van der Waals surface area contributed by atoms with Crippen LogP contribution >= 0.6 is 0 Å². The number of rotatable bonds is 7. The maximum atomic E-state index is 11.2. The molecule has 7 nitrogen and oxygen atoms in total. The molecule has 3 aromatic rings. The Morgan fingerprint density at radius 2 is 1.74 bits per heavy atom. The van der Waals surface area contributed by atoms with E-state index in [2.05, 4.69) is 52.3 Å². The number of nitrogens with zero attached hydrogens (tertiary/aromatic N) is 4. The maximum Gasteiger partial charge on any atom is 0.170 e. The minimum atomic E-state index is 0.464. The lowest BCUT2D eigenvalue weighted by Crippen LogP contribution is -2.38. The van der Waals surface area contributed by atoms with Crippen LogP contribution in [0.1, 0.15) is 28.9 Å². The number of carbonyl (C=O) groups is 1. The number of likely N-dealkylation sites (tertiary alicyclic amines) is 1. The van der Waals surface area contributed by atoms with Crippen molar-refractivity contribution in [3.8, 4) is 5.75 Å². The maximum absolute atomic E-state index is 11.2. The lowest BCUT2D eigenvalue weighted by atomic mass is 9.90. The molecule has 2 aliphatic heterocycles. The number of hydrogen-bond donors (Lipinski definition) is 0. The molecule has 0 atom stereocenters. The number of fused-ring (bicyclic) bond motifs is 1. The summed E-state index contributed by atoms with van der Waals surface area (Å²) in [4.78, 5) is 16.0. The number of aromatic nitrogens is 2. The first-order valence-electron chi connectivity index (χ1n) is 12.7. The van der Waals surface area contributed by atoms with E-state index >= 15 is 0 Å². The van der Waals surface area contributed by atoms with Crippen LogP contribution in [-0.2, 0) is 17.7 Å². The summed E-state index contributed by atoms with van der Waals surface area (Å²) >= 11 is 0. The van der Waals surface area contributed by atoms with Crippen LogP contribution in [0.3, 0.4) is 0 Å². The van der Waals surface area contributed by atoms with E-state index in [0.29, 0.717) is 5.69 Å². The summed E-state index contributed by atoms with van der Waals surface area (Å²) in [6.07, 6.45) is 4.80. The Hall–Kier alpha value is -2.74. The highest BCUT2D eigenvalue weighted by Gasteiger charge is 2.17. The molecule has 1 aromatic heterocycles. The van der Waals surface area contributed by atoms with Gasteiger partial charge in [-0.1, -0.05) is 42.5 Å². The van der Waals surface area contributed by atoms with E-state index in [9.17, 15) is 4.79 Å². The molecule has 2 fully saturated rings. The smallest absolute Gasteiger partial charge is 0.170 e. The fourth-order valence-electron chi connectivity index (χ4n) is 4.92. The number of carbonyl (C=O) groups excluding carboxylic acids is 1. The standard InChI is InChI=1S/C15H19N3O3.C13H19N/c1-20-14-4-2-3-12-13(11-19)16-18(15(12)14)6-5-17-7-9-21-10-8-17;1-14-9-7-13(8-10-14)11-12-5-3-2-4-6-12/h2-4,11H,5-10H2,1H3;2-6,13H,7-11H2,1H3. The summed E-state index contributed by atoms with van der Waals surface area (Å²) in [6, 6.07) is 16.6. The zero-order chi connectivity index (χ0) is 24.5. The van der Waals surface area contributed by atoms with Gasteiger partial charge in [0.1, 0.15) is 17.0 Å². The number of hydrogen-bond acceptors (Lipinski definition) is 6. The second-order valence-corrected chi connectivity index (χ2v) is 9.47. The second-order valence-electron chi connectivity index (χ2n) is 9.47. The molecule has 2 saturated heterocycles. The quantitative estimate of drug-likeness (QED) is 0.482. The van der Waals surface area contributed by atoms with Gasteiger partial charge >= 0.3 is 0 Å². The summed E-state index contributed by atoms with van der Waals surface area (Å²) in [7, 11) is 3.85. The van der Waals surface area contributed by atoms with Crippen molar-refractivity contribution in [3.05, 3.63) is 59.8 Å². The average molecular weight is 479 g/mol. The third-order valence-corrected chi connectivity index (χ3v) is 7.03. The predicted molar refractivity (Wildman–Crippen MR) is 139 cm³/mol. The third-order valence-electron chi connectivity index (χ3n) is 7.03. The molecule has 2 aromatic carbocycles. The van der Waals surface area contributed by atoms with Gasteiger partial charge in [0.2, 0.25) is 0 Å². The van der Waals surface area contributed by atoms with E-state index in [1.807, 2.05) is 22.9 Å². The van der Waals surface area contributed by atoms with Gasteiger partial charge < -0.3 is 14.4 Å². The van der Waals surface area contributed by atoms with Gasteiger partial charge in [0.15, 0.2) is 6.29 Å². The highest BCUT2D eigenvalue weighted by molar-refractivity contribution is 5.97. The first kappa shape index (κ1) is 25.4. The molecule has 35 heavy (non-hydrogen) atoms. The van der Waals surface area contributed by atoms with Gasteiger partial charge in [-0.05, 0) is 56.9 Å². The molecule has 188 valence electrons. The van der Waals surface area contributed by atoms with Gasteiger partial charge in [0, 0.05) is 25.0 Å². The molecule has 0 radical (unpaired) electrons. The molecule has 5 rings (SSSR count). The Bertz CT molecular complexity index is 1050. The number of aldehydes is 1. The Labute approximate surface area is 208 Å². The van der Waals surface area contributed by atoms with Gasteiger partial charge in [-0.3, -0.25) is 14.4 Å². The van der Waals surface area contributed by atoms with Crippen LogP contribution in [-0.4, -0.2) is 86.0 Å². The van der Waals surface area contributed by atoms with Crippen molar-refractivity contribution >= 4 is 17.2 Å². The van der Waals surface area contributed by atoms with Crippen LogP contribution in [0.5, 0.6) is 5.75 Å². The van der Waals surface area contributed by atoms with Crippen molar-refractivity contribution in [3.63, 3.8) is 0 Å². The van der Waals surface area contributed by atoms with Crippen molar-refractivity contribution in [2.45, 2.75) is 25.8 Å². The number of ether oxygens (including phenoxy) is 2. The average Bonchev–Trinajstić information content (AvgIpc) is 3.28. The first-order valence-corrected chi connectivity index (χ1v) is 12.7. The van der Waals surface area contributed by atoms with Crippen LogP contribution < -0.4 is 4.74 Å². The van der Waals surface area contributed by atoms with E-state index in [4.69, 9.17) is 9.47 Å². The molecule has 0 unspecified atom stereocenters. The summed E-state index contributed by atoms with van der Waals surface area (Å²) < 4.78 is 12.6. The topological polar surface area (TPSA) is 59.8 Å². The fourth-order valence-corrected chi connectivity index (χ4v) is 4.92. The molecule has 0 bridgehead atoms. The SMILES string of the molecule is CN1CCC(Cc2ccccc2)CC1.COc1cccc2c(C=O)nn(CCN3CCOCC3)c12. The van der Waals surface area contributed by atoms with E-state index in [1.165, 1.54) is 37.9 Å². The summed E-state index contributed by atoms with van der Waals surface area (Å²) in [5, 5.41) is 5.25. The van der Waals surface area contributed by atoms with Crippen molar-refractivity contribution < 1.29 is 14.3 Å². The molecule has 0 aliphatic carbocycles. The largest absolute Gasteiger partial charge is 0.494 e. The summed E-state index contributed by atoms with van der Waals surface area (Å²) in [6.45, 7) is 7.61. The summed E-state index contributed by atoms with van der Waals surface area (Å²) in [5.41, 5.74) is 2.85. The highest BCUT2D eigenvalue weighted by atomic mass is 16.5. The Kier molecular flexibility index (Phi) is 9.28. The molecule has 0 saturated carbocycles. The van der Waals surface area contributed by atoms with Crippen molar-refractivity contribution in [1.82, 2.24) is 19.6 Å². The lowest BCUT2D eigenvalue weighted by molar-refractivity contribution is 0.0361. The van der Waals surface area contributed by atoms with Crippen LogP contribution in [0.2, 0.25) is 0 Å². The molecule has 0 N–H and O–H groups in total. The van der Waals surface area contributed by atoms with Crippen LogP contribution in [0, 0.1) is 5.92 Å². The van der Waals surface area contributed by atoms with E-state index < -0.39 is 0 Å². The van der Waals surface area contributed by atoms with Crippen LogP contribution in [0.4, 0.5) is 0 Å². The fraction of sp³-hybridized carbons (Fsp3) is 0.500. The summed E-state index contributed by atoms with van der Waals surface area (Å²) in [5.74, 6) is 1.66. The van der Waals surface area contributed by atoms with Gasteiger partial charge in [-0.15, -0.1) is 0 Å². The van der Waals surface area contributed by atoms with Gasteiger partial charge in [-0.25, -0.2) is 0 Å². The molecule has 3 heterocycles. The third kappa shape index (κ3) is 6.90. The number of piperidine rings is 1. The predicted octanol–water partition coefficient (Wildman–Crippen LogP) is 3.76. The van der Waals surface area contributed by atoms with Crippen molar-refractivity contribution in [1.29, 1.82) is 0 Å². The molecule has 0 spiro atoms. The van der Waals surface area contributed by atoms with Crippen LogP contribution in [0.15, 0.2) is 48.5 Å². The molecule has 0 amide bonds. The minimum Gasteiger partial charge on any atom is -0.494 e. The Morgan fingerprint density at radius 3 is 2.43 bits per heavy atom. The van der Waals surface area contributed by atoms with Crippen molar-refractivity contribution in [2.24, 2.45) is 5.92 Å².